The molecule has 156 valence electrons. The Morgan fingerprint density at radius 3 is 1.23 bits per heavy atom. The van der Waals surface area contributed by atoms with Gasteiger partial charge >= 0.3 is 0 Å². The zero-order chi connectivity index (χ0) is 20.9. The average Bonchev–Trinajstić information content (AvgIpc) is 2.74. The van der Waals surface area contributed by atoms with Gasteiger partial charge in [-0.25, -0.2) is 0 Å². The van der Waals surface area contributed by atoms with Crippen molar-refractivity contribution in [3.05, 3.63) is 89.5 Å². The second-order valence-corrected chi connectivity index (χ2v) is 5.86. The first-order valence-electron chi connectivity index (χ1n) is 8.90. The molecule has 3 rings (SSSR count). The lowest BCUT2D eigenvalue weighted by atomic mass is 10.2. The van der Waals surface area contributed by atoms with Gasteiger partial charge in [0.05, 0.1) is 18.7 Å². The van der Waals surface area contributed by atoms with Crippen LogP contribution in [-0.2, 0) is 0 Å². The van der Waals surface area contributed by atoms with Crippen LogP contribution in [-0.4, -0.2) is 47.1 Å². The maximum Gasteiger partial charge on any atom is 0.153 e. The molecule has 3 aromatic carbocycles. The molecule has 3 aromatic rings. The summed E-state index contributed by atoms with van der Waals surface area (Å²) in [4.78, 5) is 18.5. The van der Waals surface area contributed by atoms with Crippen molar-refractivity contribution < 1.29 is 20.1 Å². The number of hydrogen-bond donors (Lipinski definition) is 3. The number of benzene rings is 3. The van der Waals surface area contributed by atoms with E-state index in [4.69, 9.17) is 5.11 Å². The number of para-hydroxylation sites is 3. The fourth-order valence-electron chi connectivity index (χ4n) is 2.22. The van der Waals surface area contributed by atoms with Crippen LogP contribution >= 0.6 is 0 Å². The van der Waals surface area contributed by atoms with Crippen molar-refractivity contribution in [2.45, 2.75) is 7.43 Å². The van der Waals surface area contributed by atoms with E-state index >= 15 is 0 Å². The Bertz CT molecular complexity index is 929. The van der Waals surface area contributed by atoms with Crippen molar-refractivity contribution in [2.75, 3.05) is 13.1 Å². The van der Waals surface area contributed by atoms with E-state index in [9.17, 15) is 15.0 Å². The van der Waals surface area contributed by atoms with Gasteiger partial charge in [-0.15, -0.1) is 0 Å². The maximum absolute atomic E-state index is 10.1. The van der Waals surface area contributed by atoms with Crippen molar-refractivity contribution in [3.63, 3.8) is 0 Å². The van der Waals surface area contributed by atoms with Crippen molar-refractivity contribution in [1.29, 1.82) is 0 Å². The number of aldehydes is 1. The van der Waals surface area contributed by atoms with Gasteiger partial charge in [-0.05, 0) is 36.4 Å². The molecule has 6 nitrogen and oxygen atoms in total. The maximum atomic E-state index is 10.1. The highest BCUT2D eigenvalue weighted by molar-refractivity contribution is 5.84. The predicted molar refractivity (Wildman–Crippen MR) is 121 cm³/mol. The normalized spacial score (nSPS) is 10.3. The summed E-state index contributed by atoms with van der Waals surface area (Å²) in [6.07, 6.45) is 3.88. The number of carbonyl (C=O) groups is 1. The van der Waals surface area contributed by atoms with Crippen molar-refractivity contribution >= 4 is 18.7 Å². The fraction of sp³-hybridized carbons (Fsp3) is 0.125. The molecule has 0 saturated carbocycles. The molecule has 0 aromatic heterocycles. The molecule has 0 fully saturated rings. The Morgan fingerprint density at radius 2 is 0.933 bits per heavy atom. The molecule has 0 aliphatic rings. The van der Waals surface area contributed by atoms with E-state index in [1.807, 2.05) is 12.1 Å². The van der Waals surface area contributed by atoms with Gasteiger partial charge in [0.2, 0.25) is 0 Å². The third-order valence-corrected chi connectivity index (χ3v) is 3.76. The second-order valence-electron chi connectivity index (χ2n) is 5.86. The Morgan fingerprint density at radius 1 is 0.600 bits per heavy atom. The molecule has 0 aliphatic carbocycles. The lowest BCUT2D eigenvalue weighted by Gasteiger charge is -1.97. The van der Waals surface area contributed by atoms with E-state index in [0.717, 1.165) is 0 Å². The van der Waals surface area contributed by atoms with E-state index in [1.54, 1.807) is 67.0 Å². The molecule has 0 unspecified atom stereocenters. The van der Waals surface area contributed by atoms with Gasteiger partial charge in [-0.1, -0.05) is 43.8 Å². The molecule has 0 bridgehead atoms. The summed E-state index contributed by atoms with van der Waals surface area (Å²) in [5.41, 5.74) is 1.71. The minimum absolute atomic E-state index is 0. The van der Waals surface area contributed by atoms with Crippen LogP contribution < -0.4 is 0 Å². The molecule has 0 amide bonds. The highest BCUT2D eigenvalue weighted by Crippen LogP contribution is 2.14. The summed E-state index contributed by atoms with van der Waals surface area (Å²) < 4.78 is 0. The molecule has 0 aliphatic heterocycles. The minimum atomic E-state index is 0. The second kappa shape index (κ2) is 13.3. The van der Waals surface area contributed by atoms with E-state index in [0.29, 0.717) is 36.1 Å². The Balaban J connectivity index is 0.000000379. The summed E-state index contributed by atoms with van der Waals surface area (Å²) in [5.74, 6) is 0.468. The number of rotatable bonds is 6. The molecule has 30 heavy (non-hydrogen) atoms. The van der Waals surface area contributed by atoms with Crippen LogP contribution in [0, 0.1) is 0 Å². The number of aromatic hydroxyl groups is 3. The zero-order valence-corrected chi connectivity index (χ0v) is 15.7. The van der Waals surface area contributed by atoms with E-state index in [-0.39, 0.29) is 24.7 Å². The number of aliphatic imine (C=N–C) groups is 2. The highest BCUT2D eigenvalue weighted by atomic mass is 16.3. The number of hydrogen-bond acceptors (Lipinski definition) is 6. The topological polar surface area (TPSA) is 102 Å². The molecule has 0 heterocycles. The van der Waals surface area contributed by atoms with Crippen molar-refractivity contribution in [1.82, 2.24) is 0 Å². The Hall–Kier alpha value is -3.93. The van der Waals surface area contributed by atoms with Gasteiger partial charge in [0, 0.05) is 23.6 Å². The lowest BCUT2D eigenvalue weighted by molar-refractivity contribution is 0.112. The molecular weight excluding hydrogens is 380 g/mol. The van der Waals surface area contributed by atoms with Gasteiger partial charge in [0.25, 0.3) is 0 Å². The summed E-state index contributed by atoms with van der Waals surface area (Å²) in [6, 6.07) is 20.5. The first kappa shape index (κ1) is 24.1. The summed E-state index contributed by atoms with van der Waals surface area (Å²) in [7, 11) is 0. The third kappa shape index (κ3) is 7.98. The van der Waals surface area contributed by atoms with Gasteiger partial charge in [0.1, 0.15) is 17.2 Å². The minimum Gasteiger partial charge on any atom is -0.507 e. The number of phenols is 3. The first-order chi connectivity index (χ1) is 14.1. The zero-order valence-electron chi connectivity index (χ0n) is 15.7. The molecule has 6 heteroatoms. The van der Waals surface area contributed by atoms with E-state index in [1.165, 1.54) is 6.07 Å². The number of carbonyl (C=O) groups excluding carboxylic acids is 1. The largest absolute Gasteiger partial charge is 0.507 e. The van der Waals surface area contributed by atoms with Crippen molar-refractivity contribution in [2.24, 2.45) is 9.98 Å². The Kier molecular flexibility index (Phi) is 10.7. The fourth-order valence-corrected chi connectivity index (χ4v) is 2.22. The van der Waals surface area contributed by atoms with Crippen LogP contribution in [0.3, 0.4) is 0 Å². The quantitative estimate of drug-likeness (QED) is 0.319. The molecule has 3 N–H and O–H groups in total. The van der Waals surface area contributed by atoms with Gasteiger partial charge in [-0.2, -0.15) is 0 Å². The number of phenolic OH excluding ortho intramolecular Hbond substituents is 3. The van der Waals surface area contributed by atoms with Crippen molar-refractivity contribution in [3.8, 4) is 17.2 Å². The van der Waals surface area contributed by atoms with Crippen LogP contribution in [0.2, 0.25) is 0 Å². The molecule has 0 radical (unpaired) electrons. The average molecular weight is 406 g/mol. The monoisotopic (exact) mass is 406 g/mol. The van der Waals surface area contributed by atoms with Gasteiger partial charge in [0.15, 0.2) is 6.29 Å². The lowest BCUT2D eigenvalue weighted by Crippen LogP contribution is -1.91. The first-order valence-corrected chi connectivity index (χ1v) is 8.90. The van der Waals surface area contributed by atoms with Gasteiger partial charge < -0.3 is 15.3 Å². The standard InChI is InChI=1S/C16H16N2O2.C7H6O2.CH4/c19-15-7-3-1-5-13(15)11-17-9-10-18-12-14-6-2-4-8-16(14)20;8-5-6-3-1-2-4-7(6)9;/h1-8,11-12,19-20H,9-10H2;1-5,9H;1H4. The van der Waals surface area contributed by atoms with Crippen LogP contribution in [0.15, 0.2) is 82.8 Å². The van der Waals surface area contributed by atoms with Gasteiger partial charge in [-0.3, -0.25) is 14.8 Å². The van der Waals surface area contributed by atoms with Crippen LogP contribution in [0.4, 0.5) is 0 Å². The highest BCUT2D eigenvalue weighted by Gasteiger charge is 1.95. The summed E-state index contributed by atoms with van der Waals surface area (Å²) >= 11 is 0. The number of nitrogens with zero attached hydrogens (tertiary/aromatic N) is 2. The van der Waals surface area contributed by atoms with E-state index in [2.05, 4.69) is 9.98 Å². The Labute approximate surface area is 176 Å². The van der Waals surface area contributed by atoms with E-state index < -0.39 is 0 Å². The van der Waals surface area contributed by atoms with Crippen LogP contribution in [0.25, 0.3) is 0 Å². The molecule has 0 spiro atoms. The third-order valence-electron chi connectivity index (χ3n) is 3.76. The molecular formula is C24H26N2O4. The molecule has 0 saturated heterocycles. The SMILES string of the molecule is C.O=Cc1ccccc1O.Oc1ccccc1C=NCCN=Cc1ccccc1O. The van der Waals surface area contributed by atoms with Crippen LogP contribution in [0.1, 0.15) is 28.9 Å². The summed E-state index contributed by atoms with van der Waals surface area (Å²) in [6.45, 7) is 1.05. The predicted octanol–water partition coefficient (Wildman–Crippen LogP) is 4.48. The molecule has 0 atom stereocenters. The smallest absolute Gasteiger partial charge is 0.153 e. The van der Waals surface area contributed by atoms with Crippen LogP contribution in [0.5, 0.6) is 17.2 Å². The summed E-state index contributed by atoms with van der Waals surface area (Å²) in [5, 5.41) is 28.0.